The van der Waals surface area contributed by atoms with Crippen molar-refractivity contribution < 1.29 is 18.7 Å². The first-order chi connectivity index (χ1) is 17.8. The number of para-hydroxylation sites is 1. The predicted octanol–water partition coefficient (Wildman–Crippen LogP) is 6.54. The molecule has 188 valence electrons. The summed E-state index contributed by atoms with van der Waals surface area (Å²) in [5, 5.41) is 13.8. The number of benzene rings is 2. The van der Waals surface area contributed by atoms with E-state index in [4.69, 9.17) is 4.74 Å². The number of fused-ring (bicyclic) bond motifs is 1. The Morgan fingerprint density at radius 3 is 2.54 bits per heavy atom. The van der Waals surface area contributed by atoms with Gasteiger partial charge in [-0.15, -0.1) is 11.3 Å². The van der Waals surface area contributed by atoms with Crippen LogP contribution in [0.4, 0.5) is 9.39 Å². The van der Waals surface area contributed by atoms with Gasteiger partial charge in [-0.1, -0.05) is 36.4 Å². The minimum Gasteiger partial charge on any atom is -0.462 e. The number of hydrogen-bond acceptors (Lipinski definition) is 5. The molecule has 1 amide bonds. The molecule has 2 aromatic carbocycles. The molecule has 8 heteroatoms. The van der Waals surface area contributed by atoms with Crippen LogP contribution < -0.4 is 5.32 Å². The van der Waals surface area contributed by atoms with Gasteiger partial charge in [0.15, 0.2) is 0 Å². The summed E-state index contributed by atoms with van der Waals surface area (Å²) in [6, 6.07) is 16.2. The highest BCUT2D eigenvalue weighted by Gasteiger charge is 2.24. The molecule has 0 radical (unpaired) electrons. The molecule has 4 rings (SSSR count). The molecule has 0 unspecified atom stereocenters. The summed E-state index contributed by atoms with van der Waals surface area (Å²) < 4.78 is 21.5. The Kier molecular flexibility index (Phi) is 7.55. The van der Waals surface area contributed by atoms with E-state index in [1.54, 1.807) is 38.1 Å². The van der Waals surface area contributed by atoms with Gasteiger partial charge in [-0.2, -0.15) is 5.26 Å². The number of carbonyl (C=O) groups is 2. The zero-order chi connectivity index (χ0) is 26.7. The van der Waals surface area contributed by atoms with Gasteiger partial charge >= 0.3 is 5.97 Å². The number of nitrogens with zero attached hydrogens (tertiary/aromatic N) is 2. The van der Waals surface area contributed by atoms with E-state index in [2.05, 4.69) is 5.32 Å². The van der Waals surface area contributed by atoms with Crippen LogP contribution in [0.25, 0.3) is 17.0 Å². The van der Waals surface area contributed by atoms with Gasteiger partial charge in [-0.3, -0.25) is 4.79 Å². The number of carbonyl (C=O) groups excluding carboxylic acids is 2. The number of hydrogen-bond donors (Lipinski definition) is 1. The van der Waals surface area contributed by atoms with E-state index in [0.717, 1.165) is 27.0 Å². The Morgan fingerprint density at radius 1 is 1.14 bits per heavy atom. The fraction of sp³-hybridized carbons (Fsp3) is 0.207. The molecule has 0 aliphatic carbocycles. The minimum atomic E-state index is -0.625. The lowest BCUT2D eigenvalue weighted by Gasteiger charge is -2.10. The summed E-state index contributed by atoms with van der Waals surface area (Å²) in [4.78, 5) is 26.6. The highest BCUT2D eigenvalue weighted by atomic mass is 32.1. The lowest BCUT2D eigenvalue weighted by molar-refractivity contribution is -0.112. The maximum atomic E-state index is 14.4. The lowest BCUT2D eigenvalue weighted by atomic mass is 10.1. The third kappa shape index (κ3) is 5.04. The first-order valence-corrected chi connectivity index (χ1v) is 12.6. The fourth-order valence-corrected chi connectivity index (χ4v) is 5.31. The number of thiophene rings is 1. The quantitative estimate of drug-likeness (QED) is 0.172. The molecule has 0 spiro atoms. The number of rotatable bonds is 7. The summed E-state index contributed by atoms with van der Waals surface area (Å²) in [5.74, 6) is -1.44. The smallest absolute Gasteiger partial charge is 0.341 e. The van der Waals surface area contributed by atoms with Crippen molar-refractivity contribution in [2.24, 2.45) is 0 Å². The molecule has 6 nitrogen and oxygen atoms in total. The topological polar surface area (TPSA) is 84.1 Å². The zero-order valence-corrected chi connectivity index (χ0v) is 21.8. The zero-order valence-electron chi connectivity index (χ0n) is 21.0. The van der Waals surface area contributed by atoms with Crippen LogP contribution in [-0.2, 0) is 16.1 Å². The van der Waals surface area contributed by atoms with Gasteiger partial charge < -0.3 is 14.6 Å². The van der Waals surface area contributed by atoms with E-state index in [1.807, 2.05) is 48.7 Å². The van der Waals surface area contributed by atoms with E-state index in [0.29, 0.717) is 28.2 Å². The average Bonchev–Trinajstić information content (AvgIpc) is 3.30. The molecular weight excluding hydrogens is 489 g/mol. The van der Waals surface area contributed by atoms with Gasteiger partial charge in [-0.25, -0.2) is 9.18 Å². The van der Waals surface area contributed by atoms with Gasteiger partial charge in [-0.05, 0) is 51.5 Å². The van der Waals surface area contributed by atoms with Crippen molar-refractivity contribution in [3.63, 3.8) is 0 Å². The third-order valence-corrected chi connectivity index (χ3v) is 7.43. The van der Waals surface area contributed by atoms with Gasteiger partial charge in [0, 0.05) is 32.6 Å². The van der Waals surface area contributed by atoms with Gasteiger partial charge in [0.25, 0.3) is 5.91 Å². The minimum absolute atomic E-state index is 0.115. The van der Waals surface area contributed by atoms with Gasteiger partial charge in [0.1, 0.15) is 22.5 Å². The molecule has 2 heterocycles. The number of halogens is 1. The molecule has 1 N–H and O–H groups in total. The number of aryl methyl sites for hydroxylation is 1. The Bertz CT molecular complexity index is 1590. The summed E-state index contributed by atoms with van der Waals surface area (Å²) in [5.41, 5.74) is 3.80. The molecule has 0 fully saturated rings. The molecule has 0 atom stereocenters. The number of nitriles is 1. The van der Waals surface area contributed by atoms with Gasteiger partial charge in [0.05, 0.1) is 18.7 Å². The third-order valence-electron chi connectivity index (χ3n) is 6.31. The number of anilines is 1. The van der Waals surface area contributed by atoms with Crippen LogP contribution in [0.3, 0.4) is 0 Å². The molecule has 0 bridgehead atoms. The van der Waals surface area contributed by atoms with Crippen molar-refractivity contribution in [1.29, 1.82) is 5.26 Å². The summed E-state index contributed by atoms with van der Waals surface area (Å²) in [6.07, 6.45) is 1.54. The maximum Gasteiger partial charge on any atom is 0.341 e. The van der Waals surface area contributed by atoms with Crippen molar-refractivity contribution in [2.75, 3.05) is 11.9 Å². The Morgan fingerprint density at radius 2 is 1.84 bits per heavy atom. The number of nitrogens with one attached hydrogen (secondary N) is 1. The highest BCUT2D eigenvalue weighted by molar-refractivity contribution is 7.16. The standard InChI is InChI=1S/C29H26FN3O3S/c1-5-36-29(35)26-17(2)19(4)37-28(26)32-27(34)21(15-31)14-23-18(3)33(25-13-9-7-11-22(23)25)16-20-10-6-8-12-24(20)30/h6-14H,5,16H2,1-4H3,(H,32,34)/b21-14+. The summed E-state index contributed by atoms with van der Waals surface area (Å²) in [6.45, 7) is 7.75. The summed E-state index contributed by atoms with van der Waals surface area (Å²) in [7, 11) is 0. The number of ether oxygens (including phenoxy) is 1. The molecule has 0 saturated carbocycles. The Hall–Kier alpha value is -4.22. The van der Waals surface area contributed by atoms with E-state index < -0.39 is 11.9 Å². The van der Waals surface area contributed by atoms with Crippen LogP contribution in [-0.4, -0.2) is 23.1 Å². The Labute approximate surface area is 218 Å². The van der Waals surface area contributed by atoms with Crippen LogP contribution in [0.15, 0.2) is 54.1 Å². The Balaban J connectivity index is 1.74. The average molecular weight is 516 g/mol. The van der Waals surface area contributed by atoms with Crippen LogP contribution in [0.2, 0.25) is 0 Å². The molecule has 0 saturated heterocycles. The number of aromatic nitrogens is 1. The second-order valence-electron chi connectivity index (χ2n) is 8.53. The fourth-order valence-electron chi connectivity index (χ4n) is 4.27. The number of esters is 1. The van der Waals surface area contributed by atoms with Crippen molar-refractivity contribution in [1.82, 2.24) is 4.57 Å². The largest absolute Gasteiger partial charge is 0.462 e. The molecule has 4 aromatic rings. The van der Waals surface area contributed by atoms with Crippen LogP contribution in [0, 0.1) is 37.9 Å². The molecular formula is C29H26FN3O3S. The number of amides is 1. The van der Waals surface area contributed by atoms with Gasteiger partial charge in [0.2, 0.25) is 0 Å². The lowest BCUT2D eigenvalue weighted by Crippen LogP contribution is -2.16. The van der Waals surface area contributed by atoms with Crippen molar-refractivity contribution >= 4 is 45.2 Å². The normalized spacial score (nSPS) is 11.4. The molecule has 37 heavy (non-hydrogen) atoms. The monoisotopic (exact) mass is 515 g/mol. The molecule has 0 aliphatic heterocycles. The first kappa shape index (κ1) is 25.9. The van der Waals surface area contributed by atoms with E-state index in [1.165, 1.54) is 17.4 Å². The first-order valence-electron chi connectivity index (χ1n) is 11.8. The van der Waals surface area contributed by atoms with Crippen LogP contribution >= 0.6 is 11.3 Å². The van der Waals surface area contributed by atoms with Crippen molar-refractivity contribution in [3.8, 4) is 6.07 Å². The van der Waals surface area contributed by atoms with Crippen molar-refractivity contribution in [3.05, 3.63) is 92.7 Å². The second-order valence-corrected chi connectivity index (χ2v) is 9.75. The molecule has 0 aliphatic rings. The van der Waals surface area contributed by atoms with E-state index >= 15 is 0 Å². The van der Waals surface area contributed by atoms with Crippen LogP contribution in [0.5, 0.6) is 0 Å². The second kappa shape index (κ2) is 10.8. The van der Waals surface area contributed by atoms with Crippen molar-refractivity contribution in [2.45, 2.75) is 34.2 Å². The highest BCUT2D eigenvalue weighted by Crippen LogP contribution is 2.34. The van der Waals surface area contributed by atoms with Crippen LogP contribution in [0.1, 0.15) is 44.5 Å². The predicted molar refractivity (Wildman–Crippen MR) is 144 cm³/mol. The molecule has 2 aromatic heterocycles. The summed E-state index contributed by atoms with van der Waals surface area (Å²) >= 11 is 1.26. The van der Waals surface area contributed by atoms with E-state index in [9.17, 15) is 19.2 Å². The van der Waals surface area contributed by atoms with E-state index in [-0.39, 0.29) is 18.0 Å². The maximum absolute atomic E-state index is 14.4. The SMILES string of the molecule is CCOC(=O)c1c(NC(=O)/C(C#N)=C/c2c(C)n(Cc3ccccc3F)c3ccccc23)sc(C)c1C.